The van der Waals surface area contributed by atoms with E-state index >= 15 is 0 Å². The molecule has 0 aliphatic heterocycles. The van der Waals surface area contributed by atoms with Crippen molar-refractivity contribution in [1.29, 1.82) is 0 Å². The number of carbonyl (C=O) groups is 1. The van der Waals surface area contributed by atoms with E-state index in [2.05, 4.69) is 46.9 Å². The predicted molar refractivity (Wildman–Crippen MR) is 73.7 cm³/mol. The van der Waals surface area contributed by atoms with E-state index in [9.17, 15) is 4.79 Å². The summed E-state index contributed by atoms with van der Waals surface area (Å²) in [5, 5.41) is 3.02. The molecule has 0 aliphatic carbocycles. The van der Waals surface area contributed by atoms with E-state index in [0.717, 1.165) is 6.42 Å². The zero-order valence-electron chi connectivity index (χ0n) is 12.4. The quantitative estimate of drug-likeness (QED) is 0.752. The zero-order chi connectivity index (χ0) is 13.7. The molecular weight excluding hydrogens is 212 g/mol. The van der Waals surface area contributed by atoms with Crippen molar-refractivity contribution in [2.24, 2.45) is 22.5 Å². The number of nitrogens with one attached hydrogen (secondary N) is 1. The molecule has 0 fully saturated rings. The molecule has 1 amide bonds. The largest absolute Gasteiger partial charge is 0.356 e. The summed E-state index contributed by atoms with van der Waals surface area (Å²) in [6.07, 6.45) is 1.53. The van der Waals surface area contributed by atoms with E-state index in [1.54, 1.807) is 0 Å². The molecule has 0 spiro atoms. The van der Waals surface area contributed by atoms with E-state index in [0.29, 0.717) is 25.4 Å². The lowest BCUT2D eigenvalue weighted by atomic mass is 9.80. The lowest BCUT2D eigenvalue weighted by molar-refractivity contribution is -0.123. The van der Waals surface area contributed by atoms with Gasteiger partial charge in [-0.1, -0.05) is 41.5 Å². The van der Waals surface area contributed by atoms with Crippen LogP contribution in [-0.2, 0) is 4.79 Å². The summed E-state index contributed by atoms with van der Waals surface area (Å²) in [6, 6.07) is 0. The second-order valence-corrected chi connectivity index (χ2v) is 6.95. The first kappa shape index (κ1) is 16.4. The van der Waals surface area contributed by atoms with Crippen LogP contribution in [-0.4, -0.2) is 19.0 Å². The van der Waals surface area contributed by atoms with Crippen molar-refractivity contribution in [3.63, 3.8) is 0 Å². The van der Waals surface area contributed by atoms with Crippen LogP contribution in [0.25, 0.3) is 0 Å². The van der Waals surface area contributed by atoms with Crippen molar-refractivity contribution in [3.8, 4) is 0 Å². The van der Waals surface area contributed by atoms with Crippen LogP contribution < -0.4 is 11.1 Å². The van der Waals surface area contributed by atoms with Gasteiger partial charge in [-0.15, -0.1) is 0 Å². The summed E-state index contributed by atoms with van der Waals surface area (Å²) in [7, 11) is 0. The summed E-state index contributed by atoms with van der Waals surface area (Å²) >= 11 is 0. The lowest BCUT2D eigenvalue weighted by Crippen LogP contribution is -2.36. The van der Waals surface area contributed by atoms with E-state index in [1.165, 1.54) is 0 Å². The Balaban J connectivity index is 4.04. The molecule has 0 aromatic rings. The number of hydrogen-bond acceptors (Lipinski definition) is 2. The number of hydrogen-bond donors (Lipinski definition) is 2. The van der Waals surface area contributed by atoms with Crippen LogP contribution in [0.5, 0.6) is 0 Å². The molecule has 0 saturated carbocycles. The van der Waals surface area contributed by atoms with Gasteiger partial charge in [-0.2, -0.15) is 0 Å². The maximum Gasteiger partial charge on any atom is 0.220 e. The number of amides is 1. The third-order valence-corrected chi connectivity index (χ3v) is 3.56. The maximum atomic E-state index is 11.8. The van der Waals surface area contributed by atoms with Crippen LogP contribution in [0.15, 0.2) is 0 Å². The van der Waals surface area contributed by atoms with Crippen molar-refractivity contribution in [2.45, 2.75) is 54.4 Å². The number of rotatable bonds is 6. The Morgan fingerprint density at radius 2 is 1.76 bits per heavy atom. The standard InChI is InChI=1S/C14H30N2O/c1-11(13(2,3)4)9-12(17)16-10-14(5,6)7-8-15/h11H,7-10,15H2,1-6H3,(H,16,17). The van der Waals surface area contributed by atoms with Crippen molar-refractivity contribution < 1.29 is 4.79 Å². The third kappa shape index (κ3) is 7.37. The first-order chi connectivity index (χ1) is 7.58. The molecule has 3 heteroatoms. The van der Waals surface area contributed by atoms with Gasteiger partial charge in [0.15, 0.2) is 0 Å². The molecule has 0 saturated heterocycles. The van der Waals surface area contributed by atoms with Gasteiger partial charge in [-0.3, -0.25) is 4.79 Å². The Kier molecular flexibility index (Phi) is 6.17. The van der Waals surface area contributed by atoms with Crippen molar-refractivity contribution in [2.75, 3.05) is 13.1 Å². The van der Waals surface area contributed by atoms with Crippen LogP contribution in [0.4, 0.5) is 0 Å². The normalized spacial score (nSPS) is 14.5. The van der Waals surface area contributed by atoms with E-state index in [-0.39, 0.29) is 16.7 Å². The van der Waals surface area contributed by atoms with Gasteiger partial charge in [0, 0.05) is 13.0 Å². The monoisotopic (exact) mass is 242 g/mol. The van der Waals surface area contributed by atoms with Crippen LogP contribution in [0, 0.1) is 16.7 Å². The Labute approximate surface area is 107 Å². The van der Waals surface area contributed by atoms with E-state index in [4.69, 9.17) is 5.73 Å². The summed E-state index contributed by atoms with van der Waals surface area (Å²) in [5.74, 6) is 0.539. The molecule has 0 aliphatic rings. The van der Waals surface area contributed by atoms with Gasteiger partial charge in [-0.05, 0) is 29.7 Å². The maximum absolute atomic E-state index is 11.8. The van der Waals surface area contributed by atoms with Crippen molar-refractivity contribution >= 4 is 5.91 Å². The molecule has 0 heterocycles. The molecule has 3 N–H and O–H groups in total. The van der Waals surface area contributed by atoms with Crippen LogP contribution >= 0.6 is 0 Å². The predicted octanol–water partition coefficient (Wildman–Crippen LogP) is 2.55. The van der Waals surface area contributed by atoms with Crippen LogP contribution in [0.1, 0.15) is 54.4 Å². The van der Waals surface area contributed by atoms with Crippen LogP contribution in [0.2, 0.25) is 0 Å². The fourth-order valence-electron chi connectivity index (χ4n) is 1.47. The lowest BCUT2D eigenvalue weighted by Gasteiger charge is -2.28. The summed E-state index contributed by atoms with van der Waals surface area (Å²) in [4.78, 5) is 11.8. The fraction of sp³-hybridized carbons (Fsp3) is 0.929. The van der Waals surface area contributed by atoms with Gasteiger partial charge in [0.2, 0.25) is 5.91 Å². The van der Waals surface area contributed by atoms with Crippen molar-refractivity contribution in [3.05, 3.63) is 0 Å². The molecule has 1 atom stereocenters. The zero-order valence-corrected chi connectivity index (χ0v) is 12.4. The van der Waals surface area contributed by atoms with Gasteiger partial charge in [-0.25, -0.2) is 0 Å². The Bertz CT molecular complexity index is 241. The second kappa shape index (κ2) is 6.39. The van der Waals surface area contributed by atoms with E-state index < -0.39 is 0 Å². The number of nitrogens with two attached hydrogens (primary N) is 1. The molecule has 17 heavy (non-hydrogen) atoms. The minimum atomic E-state index is 0.0926. The minimum absolute atomic E-state index is 0.0926. The molecule has 0 aromatic carbocycles. The Morgan fingerprint density at radius 1 is 1.24 bits per heavy atom. The molecular formula is C14H30N2O. The first-order valence-electron chi connectivity index (χ1n) is 6.55. The van der Waals surface area contributed by atoms with Crippen molar-refractivity contribution in [1.82, 2.24) is 5.32 Å². The van der Waals surface area contributed by atoms with E-state index in [1.807, 2.05) is 0 Å². The Hall–Kier alpha value is -0.570. The second-order valence-electron chi connectivity index (χ2n) is 6.95. The van der Waals surface area contributed by atoms with Gasteiger partial charge < -0.3 is 11.1 Å². The third-order valence-electron chi connectivity index (χ3n) is 3.56. The van der Waals surface area contributed by atoms with Crippen LogP contribution in [0.3, 0.4) is 0 Å². The van der Waals surface area contributed by atoms with Gasteiger partial charge >= 0.3 is 0 Å². The topological polar surface area (TPSA) is 55.1 Å². The fourth-order valence-corrected chi connectivity index (χ4v) is 1.47. The molecule has 0 aromatic heterocycles. The average Bonchev–Trinajstić information content (AvgIpc) is 2.13. The molecule has 0 rings (SSSR count). The van der Waals surface area contributed by atoms with Gasteiger partial charge in [0.25, 0.3) is 0 Å². The SMILES string of the molecule is CC(CC(=O)NCC(C)(C)CCN)C(C)(C)C. The van der Waals surface area contributed by atoms with Gasteiger partial charge in [0.1, 0.15) is 0 Å². The smallest absolute Gasteiger partial charge is 0.220 e. The highest BCUT2D eigenvalue weighted by Crippen LogP contribution is 2.28. The highest BCUT2D eigenvalue weighted by atomic mass is 16.1. The summed E-state index contributed by atoms with van der Waals surface area (Å²) in [6.45, 7) is 14.3. The first-order valence-corrected chi connectivity index (χ1v) is 6.55. The molecule has 102 valence electrons. The highest BCUT2D eigenvalue weighted by molar-refractivity contribution is 5.76. The molecule has 1 unspecified atom stereocenters. The van der Waals surface area contributed by atoms with Gasteiger partial charge in [0.05, 0.1) is 0 Å². The number of carbonyl (C=O) groups excluding carboxylic acids is 1. The average molecular weight is 242 g/mol. The highest BCUT2D eigenvalue weighted by Gasteiger charge is 2.23. The Morgan fingerprint density at radius 3 is 2.18 bits per heavy atom. The summed E-state index contributed by atoms with van der Waals surface area (Å²) < 4.78 is 0. The molecule has 0 bridgehead atoms. The summed E-state index contributed by atoms with van der Waals surface area (Å²) in [5.41, 5.74) is 5.82. The molecule has 0 radical (unpaired) electrons. The minimum Gasteiger partial charge on any atom is -0.356 e. The molecule has 3 nitrogen and oxygen atoms in total.